The molecule has 1 aromatic carbocycles. The third-order valence-electron chi connectivity index (χ3n) is 2.04. The van der Waals surface area contributed by atoms with Crippen molar-refractivity contribution in [2.24, 2.45) is 5.16 Å². The van der Waals surface area contributed by atoms with Crippen LogP contribution < -0.4 is 0 Å². The summed E-state index contributed by atoms with van der Waals surface area (Å²) < 4.78 is 0. The SMILES string of the molecule is CCC(=NOCC=Cc1ccccc1)C(=O)O. The molecule has 0 aliphatic rings. The van der Waals surface area contributed by atoms with Crippen LogP contribution in [-0.4, -0.2) is 23.4 Å². The molecule has 0 spiro atoms. The predicted octanol–water partition coefficient (Wildman–Crippen LogP) is 2.57. The van der Waals surface area contributed by atoms with Crippen LogP contribution in [0.3, 0.4) is 0 Å². The van der Waals surface area contributed by atoms with Gasteiger partial charge in [-0.05, 0) is 18.1 Å². The summed E-state index contributed by atoms with van der Waals surface area (Å²) in [5.74, 6) is -1.04. The summed E-state index contributed by atoms with van der Waals surface area (Å²) in [6.45, 7) is 1.97. The number of nitrogens with zero attached hydrogens (tertiary/aromatic N) is 1. The van der Waals surface area contributed by atoms with Crippen molar-refractivity contribution in [1.29, 1.82) is 0 Å². The van der Waals surface area contributed by atoms with Gasteiger partial charge in [-0.3, -0.25) is 0 Å². The number of carbonyl (C=O) groups is 1. The maximum atomic E-state index is 10.6. The average Bonchev–Trinajstić information content (AvgIpc) is 2.34. The molecule has 0 heterocycles. The molecule has 90 valence electrons. The number of hydrogen-bond donors (Lipinski definition) is 1. The fourth-order valence-electron chi connectivity index (χ4n) is 1.16. The monoisotopic (exact) mass is 233 g/mol. The molecular formula is C13H15NO3. The van der Waals surface area contributed by atoms with Gasteiger partial charge in [-0.1, -0.05) is 48.5 Å². The Kier molecular flexibility index (Phi) is 5.51. The molecular weight excluding hydrogens is 218 g/mol. The van der Waals surface area contributed by atoms with E-state index in [1.54, 1.807) is 13.0 Å². The van der Waals surface area contributed by atoms with Crippen LogP contribution in [0.5, 0.6) is 0 Å². The van der Waals surface area contributed by atoms with Crippen molar-refractivity contribution >= 4 is 17.8 Å². The maximum Gasteiger partial charge on any atom is 0.353 e. The van der Waals surface area contributed by atoms with Crippen LogP contribution in [0, 0.1) is 0 Å². The summed E-state index contributed by atoms with van der Waals surface area (Å²) in [4.78, 5) is 15.5. The molecule has 0 aromatic heterocycles. The first-order chi connectivity index (χ1) is 8.24. The molecule has 1 N–H and O–H groups in total. The molecule has 4 nitrogen and oxygen atoms in total. The van der Waals surface area contributed by atoms with E-state index in [0.717, 1.165) is 5.56 Å². The van der Waals surface area contributed by atoms with Crippen LogP contribution in [-0.2, 0) is 9.63 Å². The van der Waals surface area contributed by atoms with Gasteiger partial charge in [0.25, 0.3) is 0 Å². The van der Waals surface area contributed by atoms with E-state index in [-0.39, 0.29) is 12.3 Å². The molecule has 0 bridgehead atoms. The number of carboxylic acids is 1. The fraction of sp³-hybridized carbons (Fsp3) is 0.231. The van der Waals surface area contributed by atoms with Crippen LogP contribution in [0.1, 0.15) is 18.9 Å². The Morgan fingerprint density at radius 1 is 1.41 bits per heavy atom. The van der Waals surface area contributed by atoms with E-state index >= 15 is 0 Å². The van der Waals surface area contributed by atoms with Gasteiger partial charge in [-0.2, -0.15) is 0 Å². The van der Waals surface area contributed by atoms with Crippen LogP contribution >= 0.6 is 0 Å². The number of aliphatic carboxylic acids is 1. The Labute approximate surface area is 100 Å². The lowest BCUT2D eigenvalue weighted by Gasteiger charge is -1.97. The Bertz CT molecular complexity index is 410. The third-order valence-corrected chi connectivity index (χ3v) is 2.04. The smallest absolute Gasteiger partial charge is 0.353 e. The number of hydrogen-bond acceptors (Lipinski definition) is 3. The minimum Gasteiger partial charge on any atom is -0.477 e. The van der Waals surface area contributed by atoms with Crippen LogP contribution in [0.4, 0.5) is 0 Å². The summed E-state index contributed by atoms with van der Waals surface area (Å²) in [6, 6.07) is 9.76. The van der Waals surface area contributed by atoms with E-state index in [9.17, 15) is 4.79 Å². The van der Waals surface area contributed by atoms with Gasteiger partial charge in [0.05, 0.1) is 0 Å². The Hall–Kier alpha value is -2.10. The van der Waals surface area contributed by atoms with E-state index in [4.69, 9.17) is 9.94 Å². The van der Waals surface area contributed by atoms with E-state index in [1.165, 1.54) is 0 Å². The van der Waals surface area contributed by atoms with Crippen molar-refractivity contribution in [3.05, 3.63) is 42.0 Å². The molecule has 0 aliphatic heterocycles. The molecule has 0 amide bonds. The molecule has 0 saturated carbocycles. The van der Waals surface area contributed by atoms with Crippen molar-refractivity contribution in [3.63, 3.8) is 0 Å². The highest BCUT2D eigenvalue weighted by Crippen LogP contribution is 2.00. The second-order valence-corrected chi connectivity index (χ2v) is 3.31. The molecule has 0 radical (unpaired) electrons. The lowest BCUT2D eigenvalue weighted by molar-refractivity contribution is -0.129. The summed E-state index contributed by atoms with van der Waals surface area (Å²) in [7, 11) is 0. The van der Waals surface area contributed by atoms with E-state index in [1.807, 2.05) is 36.4 Å². The Morgan fingerprint density at radius 2 is 2.12 bits per heavy atom. The van der Waals surface area contributed by atoms with Gasteiger partial charge < -0.3 is 9.94 Å². The minimum absolute atomic E-state index is 0.0260. The first kappa shape index (κ1) is 13.0. The fourth-order valence-corrected chi connectivity index (χ4v) is 1.16. The lowest BCUT2D eigenvalue weighted by Crippen LogP contribution is -2.11. The lowest BCUT2D eigenvalue weighted by atomic mass is 10.2. The zero-order valence-electron chi connectivity index (χ0n) is 9.67. The number of benzene rings is 1. The van der Waals surface area contributed by atoms with Crippen molar-refractivity contribution in [2.45, 2.75) is 13.3 Å². The number of oxime groups is 1. The molecule has 0 atom stereocenters. The largest absolute Gasteiger partial charge is 0.477 e. The zero-order chi connectivity index (χ0) is 12.5. The van der Waals surface area contributed by atoms with Gasteiger partial charge in [0, 0.05) is 0 Å². The van der Waals surface area contributed by atoms with Crippen molar-refractivity contribution in [1.82, 2.24) is 0 Å². The highest BCUT2D eigenvalue weighted by atomic mass is 16.6. The van der Waals surface area contributed by atoms with Gasteiger partial charge in [0.15, 0.2) is 5.71 Å². The van der Waals surface area contributed by atoms with Gasteiger partial charge in [0.1, 0.15) is 6.61 Å². The van der Waals surface area contributed by atoms with E-state index in [0.29, 0.717) is 6.42 Å². The predicted molar refractivity (Wildman–Crippen MR) is 66.8 cm³/mol. The normalized spacial score (nSPS) is 11.7. The molecule has 4 heteroatoms. The molecule has 0 unspecified atom stereocenters. The second-order valence-electron chi connectivity index (χ2n) is 3.31. The summed E-state index contributed by atoms with van der Waals surface area (Å²) in [5.41, 5.74) is 1.09. The molecule has 17 heavy (non-hydrogen) atoms. The third kappa shape index (κ3) is 4.97. The Balaban J connectivity index is 2.38. The number of rotatable bonds is 6. The van der Waals surface area contributed by atoms with Crippen molar-refractivity contribution in [3.8, 4) is 0 Å². The van der Waals surface area contributed by atoms with Crippen LogP contribution in [0.15, 0.2) is 41.6 Å². The summed E-state index contributed by atoms with van der Waals surface area (Å²) in [5, 5.41) is 12.2. The topological polar surface area (TPSA) is 58.9 Å². The first-order valence-corrected chi connectivity index (χ1v) is 5.37. The van der Waals surface area contributed by atoms with Gasteiger partial charge in [-0.25, -0.2) is 4.79 Å². The average molecular weight is 233 g/mol. The summed E-state index contributed by atoms with van der Waals surface area (Å²) >= 11 is 0. The molecule has 0 saturated heterocycles. The zero-order valence-corrected chi connectivity index (χ0v) is 9.67. The molecule has 0 fully saturated rings. The maximum absolute atomic E-state index is 10.6. The highest BCUT2D eigenvalue weighted by Gasteiger charge is 2.05. The molecule has 1 rings (SSSR count). The number of carboxylic acid groups (broad SMARTS) is 1. The van der Waals surface area contributed by atoms with Crippen LogP contribution in [0.25, 0.3) is 6.08 Å². The molecule has 1 aromatic rings. The Morgan fingerprint density at radius 3 is 2.71 bits per heavy atom. The second kappa shape index (κ2) is 7.22. The minimum atomic E-state index is -1.04. The highest BCUT2D eigenvalue weighted by molar-refractivity contribution is 6.35. The molecule has 0 aliphatic carbocycles. The first-order valence-electron chi connectivity index (χ1n) is 5.37. The van der Waals surface area contributed by atoms with Crippen molar-refractivity contribution in [2.75, 3.05) is 6.61 Å². The van der Waals surface area contributed by atoms with E-state index in [2.05, 4.69) is 5.16 Å². The standard InChI is InChI=1S/C13H15NO3/c1-2-12(13(15)16)14-17-10-6-9-11-7-4-3-5-8-11/h3-9H,2,10H2,1H3,(H,15,16). The van der Waals surface area contributed by atoms with Gasteiger partial charge in [0.2, 0.25) is 0 Å². The van der Waals surface area contributed by atoms with Gasteiger partial charge >= 0.3 is 5.97 Å². The quantitative estimate of drug-likeness (QED) is 0.466. The van der Waals surface area contributed by atoms with Crippen LogP contribution in [0.2, 0.25) is 0 Å². The van der Waals surface area contributed by atoms with Crippen molar-refractivity contribution < 1.29 is 14.7 Å². The van der Waals surface area contributed by atoms with E-state index < -0.39 is 5.97 Å². The summed E-state index contributed by atoms with van der Waals surface area (Å²) in [6.07, 6.45) is 4.02. The van der Waals surface area contributed by atoms with Gasteiger partial charge in [-0.15, -0.1) is 0 Å².